The van der Waals surface area contributed by atoms with Gasteiger partial charge in [-0.2, -0.15) is 5.26 Å². The molecule has 1 aromatic carbocycles. The fraction of sp³-hybridized carbons (Fsp3) is 0.0833. The molecular weight excluding hydrogens is 327 g/mol. The molecule has 0 aliphatic carbocycles. The molecule has 0 fully saturated rings. The summed E-state index contributed by atoms with van der Waals surface area (Å²) in [5.74, 6) is 0.447. The Hall–Kier alpha value is -1.68. The standard InChI is InChI=1S/C12H9IN4/c1-8-6-11(7-14)17-12(15-8)16-10-4-2-9(13)3-5-10/h2-6H,1H3,(H,15,16,17). The van der Waals surface area contributed by atoms with Gasteiger partial charge in [0.05, 0.1) is 0 Å². The van der Waals surface area contributed by atoms with Crippen molar-refractivity contribution in [1.82, 2.24) is 9.97 Å². The lowest BCUT2D eigenvalue weighted by Crippen LogP contribution is -2.00. The van der Waals surface area contributed by atoms with Gasteiger partial charge in [0, 0.05) is 15.0 Å². The van der Waals surface area contributed by atoms with Crippen molar-refractivity contribution in [2.45, 2.75) is 6.92 Å². The highest BCUT2D eigenvalue weighted by Crippen LogP contribution is 2.15. The van der Waals surface area contributed by atoms with Gasteiger partial charge in [-0.3, -0.25) is 0 Å². The van der Waals surface area contributed by atoms with Crippen LogP contribution in [0.4, 0.5) is 11.6 Å². The molecule has 2 aromatic rings. The SMILES string of the molecule is Cc1cc(C#N)nc(Nc2ccc(I)cc2)n1. The van der Waals surface area contributed by atoms with Crippen molar-refractivity contribution in [3.63, 3.8) is 0 Å². The molecule has 84 valence electrons. The highest BCUT2D eigenvalue weighted by Gasteiger charge is 2.02. The molecule has 5 heteroatoms. The molecular formula is C12H9IN4. The molecule has 0 saturated heterocycles. The molecule has 0 bridgehead atoms. The Kier molecular flexibility index (Phi) is 3.54. The maximum atomic E-state index is 8.82. The lowest BCUT2D eigenvalue weighted by Gasteiger charge is -2.05. The first-order valence-corrected chi connectivity index (χ1v) is 6.03. The minimum Gasteiger partial charge on any atom is -0.324 e. The summed E-state index contributed by atoms with van der Waals surface area (Å²) < 4.78 is 1.16. The van der Waals surface area contributed by atoms with Crippen LogP contribution in [0.15, 0.2) is 30.3 Å². The molecule has 1 N–H and O–H groups in total. The molecule has 0 atom stereocenters. The van der Waals surface area contributed by atoms with E-state index in [1.54, 1.807) is 6.07 Å². The summed E-state index contributed by atoms with van der Waals surface area (Å²) >= 11 is 2.24. The van der Waals surface area contributed by atoms with Gasteiger partial charge < -0.3 is 5.32 Å². The van der Waals surface area contributed by atoms with Gasteiger partial charge in [-0.05, 0) is 59.8 Å². The molecule has 0 radical (unpaired) electrons. The van der Waals surface area contributed by atoms with Crippen molar-refractivity contribution in [3.8, 4) is 6.07 Å². The molecule has 0 saturated carbocycles. The van der Waals surface area contributed by atoms with Gasteiger partial charge in [-0.15, -0.1) is 0 Å². The summed E-state index contributed by atoms with van der Waals surface area (Å²) in [5.41, 5.74) is 2.04. The zero-order chi connectivity index (χ0) is 12.3. The van der Waals surface area contributed by atoms with E-state index in [1.807, 2.05) is 37.3 Å². The topological polar surface area (TPSA) is 61.6 Å². The second-order valence-corrected chi connectivity index (χ2v) is 4.71. The van der Waals surface area contributed by atoms with E-state index >= 15 is 0 Å². The van der Waals surface area contributed by atoms with E-state index in [0.29, 0.717) is 11.6 Å². The zero-order valence-corrected chi connectivity index (χ0v) is 11.3. The highest BCUT2D eigenvalue weighted by molar-refractivity contribution is 14.1. The van der Waals surface area contributed by atoms with Gasteiger partial charge in [0.1, 0.15) is 11.8 Å². The number of nitrogens with one attached hydrogen (secondary N) is 1. The number of halogens is 1. The molecule has 0 aliphatic heterocycles. The number of benzene rings is 1. The van der Waals surface area contributed by atoms with Gasteiger partial charge in [-0.1, -0.05) is 0 Å². The van der Waals surface area contributed by atoms with Crippen LogP contribution in [0.5, 0.6) is 0 Å². The first-order chi connectivity index (χ1) is 8.17. The van der Waals surface area contributed by atoms with Crippen LogP contribution in [0.25, 0.3) is 0 Å². The maximum Gasteiger partial charge on any atom is 0.228 e. The van der Waals surface area contributed by atoms with Crippen molar-refractivity contribution in [2.75, 3.05) is 5.32 Å². The van der Waals surface area contributed by atoms with E-state index in [1.165, 1.54) is 0 Å². The minimum absolute atomic E-state index is 0.366. The van der Waals surface area contributed by atoms with Crippen molar-refractivity contribution < 1.29 is 0 Å². The Bertz CT molecular complexity index is 572. The fourth-order valence-corrected chi connectivity index (χ4v) is 1.70. The molecule has 1 aromatic heterocycles. The molecule has 0 spiro atoms. The molecule has 4 nitrogen and oxygen atoms in total. The number of hydrogen-bond donors (Lipinski definition) is 1. The predicted molar refractivity (Wildman–Crippen MR) is 73.9 cm³/mol. The summed E-state index contributed by atoms with van der Waals surface area (Å²) in [5, 5.41) is 11.9. The second kappa shape index (κ2) is 5.10. The lowest BCUT2D eigenvalue weighted by molar-refractivity contribution is 1.09. The van der Waals surface area contributed by atoms with E-state index in [0.717, 1.165) is 15.0 Å². The summed E-state index contributed by atoms with van der Waals surface area (Å²) in [6, 6.07) is 11.5. The second-order valence-electron chi connectivity index (χ2n) is 3.46. The largest absolute Gasteiger partial charge is 0.324 e. The molecule has 0 amide bonds. The van der Waals surface area contributed by atoms with Crippen LogP contribution in [-0.4, -0.2) is 9.97 Å². The first-order valence-electron chi connectivity index (χ1n) is 4.96. The Labute approximate surface area is 113 Å². The summed E-state index contributed by atoms with van der Waals surface area (Å²) in [7, 11) is 0. The zero-order valence-electron chi connectivity index (χ0n) is 9.11. The van der Waals surface area contributed by atoms with Crippen LogP contribution in [0, 0.1) is 21.8 Å². The number of aromatic nitrogens is 2. The Morgan fingerprint density at radius 2 is 1.94 bits per heavy atom. The monoisotopic (exact) mass is 336 g/mol. The number of rotatable bonds is 2. The maximum absolute atomic E-state index is 8.82. The fourth-order valence-electron chi connectivity index (χ4n) is 1.34. The molecule has 0 aliphatic rings. The van der Waals surface area contributed by atoms with Gasteiger partial charge in [0.25, 0.3) is 0 Å². The normalized spacial score (nSPS) is 9.71. The number of hydrogen-bond acceptors (Lipinski definition) is 4. The molecule has 0 unspecified atom stereocenters. The van der Waals surface area contributed by atoms with Crippen LogP contribution < -0.4 is 5.32 Å². The predicted octanol–water partition coefficient (Wildman–Crippen LogP) is 3.00. The molecule has 1 heterocycles. The number of anilines is 2. The van der Waals surface area contributed by atoms with Crippen LogP contribution in [0.3, 0.4) is 0 Å². The van der Waals surface area contributed by atoms with Crippen molar-refractivity contribution >= 4 is 34.2 Å². The van der Waals surface area contributed by atoms with E-state index in [9.17, 15) is 0 Å². The van der Waals surface area contributed by atoms with Gasteiger partial charge in [-0.25, -0.2) is 9.97 Å². The van der Waals surface area contributed by atoms with E-state index in [2.05, 4.69) is 37.9 Å². The first kappa shape index (κ1) is 11.8. The van der Waals surface area contributed by atoms with E-state index in [4.69, 9.17) is 5.26 Å². The van der Waals surface area contributed by atoms with Gasteiger partial charge in [0.2, 0.25) is 5.95 Å². The smallest absolute Gasteiger partial charge is 0.228 e. The summed E-state index contributed by atoms with van der Waals surface area (Å²) in [4.78, 5) is 8.31. The van der Waals surface area contributed by atoms with Crippen LogP contribution in [0.1, 0.15) is 11.4 Å². The Morgan fingerprint density at radius 3 is 2.59 bits per heavy atom. The third-order valence-corrected chi connectivity index (χ3v) is 2.79. The summed E-state index contributed by atoms with van der Waals surface area (Å²) in [6.07, 6.45) is 0. The third-order valence-electron chi connectivity index (χ3n) is 2.07. The third kappa shape index (κ3) is 3.14. The number of nitrogens with zero attached hydrogens (tertiary/aromatic N) is 3. The number of aryl methyl sites for hydroxylation is 1. The van der Waals surface area contributed by atoms with E-state index in [-0.39, 0.29) is 0 Å². The highest BCUT2D eigenvalue weighted by atomic mass is 127. The van der Waals surface area contributed by atoms with Crippen LogP contribution >= 0.6 is 22.6 Å². The average molecular weight is 336 g/mol. The summed E-state index contributed by atoms with van der Waals surface area (Å²) in [6.45, 7) is 1.83. The minimum atomic E-state index is 0.366. The molecule has 17 heavy (non-hydrogen) atoms. The van der Waals surface area contributed by atoms with Crippen molar-refractivity contribution in [3.05, 3.63) is 45.3 Å². The lowest BCUT2D eigenvalue weighted by atomic mass is 10.3. The quantitative estimate of drug-likeness (QED) is 0.857. The Morgan fingerprint density at radius 1 is 1.24 bits per heavy atom. The van der Waals surface area contributed by atoms with E-state index < -0.39 is 0 Å². The van der Waals surface area contributed by atoms with Crippen LogP contribution in [-0.2, 0) is 0 Å². The Balaban J connectivity index is 2.27. The van der Waals surface area contributed by atoms with Gasteiger partial charge in [0.15, 0.2) is 0 Å². The molecule has 2 rings (SSSR count). The number of nitriles is 1. The average Bonchev–Trinajstić information content (AvgIpc) is 2.31. The van der Waals surface area contributed by atoms with Crippen molar-refractivity contribution in [2.24, 2.45) is 0 Å². The van der Waals surface area contributed by atoms with Crippen LogP contribution in [0.2, 0.25) is 0 Å². The van der Waals surface area contributed by atoms with Gasteiger partial charge >= 0.3 is 0 Å². The van der Waals surface area contributed by atoms with Crippen molar-refractivity contribution in [1.29, 1.82) is 5.26 Å².